The van der Waals surface area contributed by atoms with Crippen LogP contribution in [0.5, 0.6) is 0 Å². The van der Waals surface area contributed by atoms with Crippen molar-refractivity contribution >= 4 is 22.6 Å². The van der Waals surface area contributed by atoms with Gasteiger partial charge in [-0.15, -0.1) is 0 Å². The summed E-state index contributed by atoms with van der Waals surface area (Å²) in [4.78, 5) is 3.89. The van der Waals surface area contributed by atoms with Gasteiger partial charge >= 0.3 is 0 Å². The van der Waals surface area contributed by atoms with E-state index in [2.05, 4.69) is 21.1 Å². The van der Waals surface area contributed by atoms with Gasteiger partial charge in [-0.05, 0) is 18.6 Å². The van der Waals surface area contributed by atoms with Gasteiger partial charge in [0.15, 0.2) is 0 Å². The van der Waals surface area contributed by atoms with Crippen LogP contribution in [0, 0.1) is 6.92 Å². The highest BCUT2D eigenvalue weighted by atomic mass is 32.2. The largest absolute Gasteiger partial charge is 0.755 e. The Balaban J connectivity index is 2.09. The number of anilines is 2. The van der Waals surface area contributed by atoms with Gasteiger partial charge in [-0.2, -0.15) is 0 Å². The highest BCUT2D eigenvalue weighted by molar-refractivity contribution is 7.80. The first-order chi connectivity index (χ1) is 9.15. The normalized spacial score (nSPS) is 11.9. The van der Waals surface area contributed by atoms with Crippen molar-refractivity contribution < 1.29 is 8.76 Å². The van der Waals surface area contributed by atoms with Crippen molar-refractivity contribution in [3.63, 3.8) is 0 Å². The average Bonchev–Trinajstić information content (AvgIpc) is 2.37. The van der Waals surface area contributed by atoms with Crippen molar-refractivity contribution in [2.75, 3.05) is 10.0 Å². The second kappa shape index (κ2) is 6.31. The standard InChI is InChI=1S/C13H15N3O2S/c1-10-3-2-4-11(7-10)8-15-12-5-6-14-9-13(12)16-19(17)18/h2-7,9,16H,8H2,1H3,(H,14,15)(H,17,18)/p-1. The highest BCUT2D eigenvalue weighted by Gasteiger charge is 2.01. The number of hydrogen-bond acceptors (Lipinski definition) is 4. The van der Waals surface area contributed by atoms with Crippen LogP contribution in [0.3, 0.4) is 0 Å². The zero-order valence-corrected chi connectivity index (χ0v) is 11.2. The van der Waals surface area contributed by atoms with Crippen LogP contribution in [-0.4, -0.2) is 13.7 Å². The molecule has 0 saturated heterocycles. The molecule has 0 spiro atoms. The molecule has 0 aliphatic carbocycles. The van der Waals surface area contributed by atoms with Gasteiger partial charge < -0.3 is 14.6 Å². The molecule has 1 aromatic carbocycles. The number of benzene rings is 1. The lowest BCUT2D eigenvalue weighted by atomic mass is 10.1. The molecule has 0 radical (unpaired) electrons. The van der Waals surface area contributed by atoms with Crippen LogP contribution in [0.25, 0.3) is 0 Å². The van der Waals surface area contributed by atoms with Gasteiger partial charge in [-0.25, -0.2) is 0 Å². The van der Waals surface area contributed by atoms with Crippen molar-refractivity contribution in [1.82, 2.24) is 4.98 Å². The summed E-state index contributed by atoms with van der Waals surface area (Å²) in [6.45, 7) is 2.65. The monoisotopic (exact) mass is 276 g/mol. The minimum Gasteiger partial charge on any atom is -0.755 e. The lowest BCUT2D eigenvalue weighted by Gasteiger charge is -2.14. The van der Waals surface area contributed by atoms with Gasteiger partial charge in [0.05, 0.1) is 17.6 Å². The van der Waals surface area contributed by atoms with E-state index in [4.69, 9.17) is 0 Å². The van der Waals surface area contributed by atoms with E-state index in [1.54, 1.807) is 12.3 Å². The van der Waals surface area contributed by atoms with Gasteiger partial charge in [-0.1, -0.05) is 29.8 Å². The van der Waals surface area contributed by atoms with E-state index in [1.165, 1.54) is 11.8 Å². The van der Waals surface area contributed by atoms with Crippen LogP contribution in [0.1, 0.15) is 11.1 Å². The highest BCUT2D eigenvalue weighted by Crippen LogP contribution is 2.20. The summed E-state index contributed by atoms with van der Waals surface area (Å²) in [6, 6.07) is 9.84. The SMILES string of the molecule is Cc1cccc(CNc2ccncc2NS(=O)[O-])c1. The molecule has 0 aliphatic heterocycles. The smallest absolute Gasteiger partial charge is 0.0871 e. The summed E-state index contributed by atoms with van der Waals surface area (Å²) in [6.07, 6.45) is 3.08. The molecular formula is C13H14N3O2S-. The summed E-state index contributed by atoms with van der Waals surface area (Å²) in [5.74, 6) is 0. The Kier molecular flexibility index (Phi) is 4.48. The van der Waals surface area contributed by atoms with Crippen LogP contribution >= 0.6 is 0 Å². The summed E-state index contributed by atoms with van der Waals surface area (Å²) in [5, 5.41) is 3.19. The van der Waals surface area contributed by atoms with E-state index < -0.39 is 11.3 Å². The topological polar surface area (TPSA) is 77.1 Å². The van der Waals surface area contributed by atoms with Crippen LogP contribution in [0.4, 0.5) is 11.4 Å². The molecule has 0 amide bonds. The number of aromatic nitrogens is 1. The maximum Gasteiger partial charge on any atom is 0.0871 e. The maximum absolute atomic E-state index is 10.7. The zero-order valence-electron chi connectivity index (χ0n) is 10.4. The molecule has 2 aromatic rings. The second-order valence-corrected chi connectivity index (χ2v) is 4.77. The number of pyridine rings is 1. The molecule has 1 unspecified atom stereocenters. The number of aryl methyl sites for hydroxylation is 1. The van der Waals surface area contributed by atoms with Gasteiger partial charge in [0.1, 0.15) is 0 Å². The van der Waals surface area contributed by atoms with E-state index >= 15 is 0 Å². The molecule has 2 N–H and O–H groups in total. The second-order valence-electron chi connectivity index (χ2n) is 4.10. The molecule has 1 atom stereocenters. The fraction of sp³-hybridized carbons (Fsp3) is 0.154. The first-order valence-corrected chi connectivity index (χ1v) is 6.82. The summed E-state index contributed by atoms with van der Waals surface area (Å²) >= 11 is -2.36. The molecule has 100 valence electrons. The van der Waals surface area contributed by atoms with Gasteiger partial charge in [-0.3, -0.25) is 9.19 Å². The van der Waals surface area contributed by atoms with Crippen LogP contribution < -0.4 is 10.0 Å². The molecule has 5 nitrogen and oxygen atoms in total. The zero-order chi connectivity index (χ0) is 13.7. The molecule has 2 rings (SSSR count). The molecular weight excluding hydrogens is 262 g/mol. The van der Waals surface area contributed by atoms with Crippen LogP contribution in [0.15, 0.2) is 42.7 Å². The van der Waals surface area contributed by atoms with E-state index in [-0.39, 0.29) is 0 Å². The summed E-state index contributed by atoms with van der Waals surface area (Å²) in [7, 11) is 0. The quantitative estimate of drug-likeness (QED) is 0.821. The van der Waals surface area contributed by atoms with Crippen molar-refractivity contribution in [1.29, 1.82) is 0 Å². The fourth-order valence-electron chi connectivity index (χ4n) is 1.74. The van der Waals surface area contributed by atoms with E-state index in [0.717, 1.165) is 5.56 Å². The lowest BCUT2D eigenvalue weighted by molar-refractivity contribution is 0.542. The van der Waals surface area contributed by atoms with Crippen molar-refractivity contribution in [3.05, 3.63) is 53.9 Å². The van der Waals surface area contributed by atoms with Gasteiger partial charge in [0, 0.05) is 24.0 Å². The summed E-state index contributed by atoms with van der Waals surface area (Å²) in [5.41, 5.74) is 3.45. The number of nitrogens with one attached hydrogen (secondary N) is 2. The van der Waals surface area contributed by atoms with E-state index in [9.17, 15) is 8.76 Å². The van der Waals surface area contributed by atoms with Crippen molar-refractivity contribution in [2.24, 2.45) is 0 Å². The molecule has 1 aromatic heterocycles. The Morgan fingerprint density at radius 3 is 2.89 bits per heavy atom. The third-order valence-corrected chi connectivity index (χ3v) is 2.97. The molecule has 19 heavy (non-hydrogen) atoms. The Bertz CT molecular complexity index is 590. The number of nitrogens with zero attached hydrogens (tertiary/aromatic N) is 1. The van der Waals surface area contributed by atoms with Crippen molar-refractivity contribution in [3.8, 4) is 0 Å². The maximum atomic E-state index is 10.7. The third-order valence-electron chi connectivity index (χ3n) is 2.58. The van der Waals surface area contributed by atoms with Crippen molar-refractivity contribution in [2.45, 2.75) is 13.5 Å². The van der Waals surface area contributed by atoms with Gasteiger partial charge in [0.25, 0.3) is 0 Å². The lowest BCUT2D eigenvalue weighted by Crippen LogP contribution is -2.07. The van der Waals surface area contributed by atoms with Gasteiger partial charge in [0.2, 0.25) is 0 Å². The molecule has 0 aliphatic rings. The van der Waals surface area contributed by atoms with Crippen LogP contribution in [0.2, 0.25) is 0 Å². The first-order valence-electron chi connectivity index (χ1n) is 5.74. The number of rotatable bonds is 5. The Labute approximate surface area is 114 Å². The van der Waals surface area contributed by atoms with E-state index in [0.29, 0.717) is 17.9 Å². The molecule has 6 heteroatoms. The number of hydrogen-bond donors (Lipinski definition) is 2. The third kappa shape index (κ3) is 4.04. The summed E-state index contributed by atoms with van der Waals surface area (Å²) < 4.78 is 23.7. The van der Waals surface area contributed by atoms with E-state index in [1.807, 2.05) is 25.1 Å². The molecule has 1 heterocycles. The minimum absolute atomic E-state index is 0.434. The predicted octanol–water partition coefficient (Wildman–Crippen LogP) is 2.21. The Hall–Kier alpha value is -1.92. The Morgan fingerprint density at radius 2 is 2.16 bits per heavy atom. The Morgan fingerprint density at radius 1 is 1.32 bits per heavy atom. The first kappa shape index (κ1) is 13.5. The van der Waals surface area contributed by atoms with Crippen LogP contribution in [-0.2, 0) is 17.8 Å². The predicted molar refractivity (Wildman–Crippen MR) is 75.3 cm³/mol. The fourth-order valence-corrected chi connectivity index (χ4v) is 2.08. The average molecular weight is 276 g/mol. The molecule has 0 saturated carbocycles. The molecule has 0 fully saturated rings. The molecule has 0 bridgehead atoms. The minimum atomic E-state index is -2.36.